The minimum atomic E-state index is -0.160. The fourth-order valence-electron chi connectivity index (χ4n) is 1.90. The van der Waals surface area contributed by atoms with E-state index in [1.54, 1.807) is 6.07 Å². The summed E-state index contributed by atoms with van der Waals surface area (Å²) < 4.78 is 5.15. The highest BCUT2D eigenvalue weighted by molar-refractivity contribution is 6.04. The molecule has 1 heterocycles. The van der Waals surface area contributed by atoms with E-state index in [1.807, 2.05) is 45.2 Å². The highest BCUT2D eigenvalue weighted by Crippen LogP contribution is 2.23. The fourth-order valence-corrected chi connectivity index (χ4v) is 1.90. The van der Waals surface area contributed by atoms with Gasteiger partial charge in [0.1, 0.15) is 12.0 Å². The number of carbonyl (C=O) groups is 1. The van der Waals surface area contributed by atoms with Crippen molar-refractivity contribution < 1.29 is 9.21 Å². The summed E-state index contributed by atoms with van der Waals surface area (Å²) in [5, 5.41) is 6.09. The Kier molecular flexibility index (Phi) is 4.02. The van der Waals surface area contributed by atoms with E-state index in [-0.39, 0.29) is 11.9 Å². The molecule has 2 aromatic rings. The lowest BCUT2D eigenvalue weighted by molar-refractivity contribution is 0.102. The number of aryl methyl sites for hydroxylation is 1. The summed E-state index contributed by atoms with van der Waals surface area (Å²) in [7, 11) is 1.89. The van der Waals surface area contributed by atoms with Crippen molar-refractivity contribution in [2.45, 2.75) is 19.9 Å². The van der Waals surface area contributed by atoms with E-state index in [4.69, 9.17) is 4.42 Å². The van der Waals surface area contributed by atoms with E-state index >= 15 is 0 Å². The monoisotopic (exact) mass is 258 g/mol. The van der Waals surface area contributed by atoms with Crippen molar-refractivity contribution >= 4 is 11.6 Å². The zero-order valence-electron chi connectivity index (χ0n) is 11.4. The van der Waals surface area contributed by atoms with Crippen LogP contribution in [0.3, 0.4) is 0 Å². The van der Waals surface area contributed by atoms with Gasteiger partial charge in [-0.3, -0.25) is 4.79 Å². The summed E-state index contributed by atoms with van der Waals surface area (Å²) in [6, 6.07) is 9.65. The lowest BCUT2D eigenvalue weighted by atomic mass is 10.1. The third kappa shape index (κ3) is 3.03. The average molecular weight is 258 g/mol. The number of amides is 1. The molecule has 0 saturated carbocycles. The van der Waals surface area contributed by atoms with Crippen LogP contribution in [0.15, 0.2) is 41.0 Å². The third-order valence-electron chi connectivity index (χ3n) is 3.10. The summed E-state index contributed by atoms with van der Waals surface area (Å²) in [6.45, 7) is 3.86. The molecule has 4 nitrogen and oxygen atoms in total. The van der Waals surface area contributed by atoms with E-state index in [0.717, 1.165) is 17.0 Å². The molecule has 0 radical (unpaired) electrons. The molecule has 1 amide bonds. The quantitative estimate of drug-likeness (QED) is 0.886. The van der Waals surface area contributed by atoms with Gasteiger partial charge in [-0.2, -0.15) is 0 Å². The fraction of sp³-hybridized carbons (Fsp3) is 0.267. The summed E-state index contributed by atoms with van der Waals surface area (Å²) in [5.74, 6) is 0.564. The van der Waals surface area contributed by atoms with Crippen LogP contribution >= 0.6 is 0 Å². The zero-order valence-corrected chi connectivity index (χ0v) is 11.4. The maximum atomic E-state index is 12.1. The van der Waals surface area contributed by atoms with Gasteiger partial charge in [-0.05, 0) is 38.6 Å². The average Bonchev–Trinajstić information content (AvgIpc) is 2.85. The maximum Gasteiger partial charge on any atom is 0.258 e. The first-order valence-electron chi connectivity index (χ1n) is 6.24. The second-order valence-corrected chi connectivity index (χ2v) is 4.50. The first-order chi connectivity index (χ1) is 9.11. The molecular weight excluding hydrogens is 240 g/mol. The van der Waals surface area contributed by atoms with Crippen LogP contribution in [0.25, 0.3) is 0 Å². The molecule has 2 rings (SSSR count). The number of furan rings is 1. The molecule has 100 valence electrons. The van der Waals surface area contributed by atoms with Crippen LogP contribution in [0, 0.1) is 6.92 Å². The summed E-state index contributed by atoms with van der Waals surface area (Å²) >= 11 is 0. The first-order valence-corrected chi connectivity index (χ1v) is 6.24. The zero-order chi connectivity index (χ0) is 13.8. The molecule has 1 aromatic heterocycles. The number of anilines is 1. The Morgan fingerprint density at radius 1 is 1.32 bits per heavy atom. The van der Waals surface area contributed by atoms with E-state index in [1.165, 1.54) is 6.26 Å². The molecule has 1 aromatic carbocycles. The van der Waals surface area contributed by atoms with Crippen molar-refractivity contribution in [3.8, 4) is 0 Å². The molecule has 2 N–H and O–H groups in total. The second-order valence-electron chi connectivity index (χ2n) is 4.50. The number of hydrogen-bond acceptors (Lipinski definition) is 3. The van der Waals surface area contributed by atoms with Crippen molar-refractivity contribution in [2.24, 2.45) is 0 Å². The van der Waals surface area contributed by atoms with Crippen molar-refractivity contribution in [3.63, 3.8) is 0 Å². The highest BCUT2D eigenvalue weighted by atomic mass is 16.3. The van der Waals surface area contributed by atoms with Crippen LogP contribution < -0.4 is 10.6 Å². The molecule has 19 heavy (non-hydrogen) atoms. The van der Waals surface area contributed by atoms with Crippen LogP contribution in [0.4, 0.5) is 5.69 Å². The number of carbonyl (C=O) groups excluding carboxylic acids is 1. The lowest BCUT2D eigenvalue weighted by Gasteiger charge is -2.16. The van der Waals surface area contributed by atoms with E-state index in [0.29, 0.717) is 5.56 Å². The minimum absolute atomic E-state index is 0.160. The Morgan fingerprint density at radius 2 is 2.05 bits per heavy atom. The van der Waals surface area contributed by atoms with Crippen molar-refractivity contribution in [1.29, 1.82) is 0 Å². The SMILES string of the molecule is CNC(C)c1ccccc1NC(=O)c1coc(C)c1. The third-order valence-corrected chi connectivity index (χ3v) is 3.10. The van der Waals surface area contributed by atoms with Gasteiger partial charge >= 0.3 is 0 Å². The number of nitrogens with one attached hydrogen (secondary N) is 2. The predicted octanol–water partition coefficient (Wildman–Crippen LogP) is 3.12. The number of rotatable bonds is 4. The second kappa shape index (κ2) is 5.71. The summed E-state index contributed by atoms with van der Waals surface area (Å²) in [4.78, 5) is 12.1. The van der Waals surface area contributed by atoms with Gasteiger partial charge in [-0.25, -0.2) is 0 Å². The molecule has 0 fully saturated rings. The molecule has 1 unspecified atom stereocenters. The lowest BCUT2D eigenvalue weighted by Crippen LogP contribution is -2.17. The van der Waals surface area contributed by atoms with Crippen LogP contribution in [0.5, 0.6) is 0 Å². The molecule has 0 aliphatic heterocycles. The first kappa shape index (κ1) is 13.4. The van der Waals surface area contributed by atoms with Gasteiger partial charge in [-0.15, -0.1) is 0 Å². The predicted molar refractivity (Wildman–Crippen MR) is 75.3 cm³/mol. The molecule has 0 aliphatic carbocycles. The molecular formula is C15H18N2O2. The van der Waals surface area contributed by atoms with Gasteiger partial charge in [0.25, 0.3) is 5.91 Å². The topological polar surface area (TPSA) is 54.3 Å². The van der Waals surface area contributed by atoms with Gasteiger partial charge in [0.15, 0.2) is 0 Å². The largest absolute Gasteiger partial charge is 0.469 e. The van der Waals surface area contributed by atoms with Gasteiger partial charge in [-0.1, -0.05) is 18.2 Å². The Morgan fingerprint density at radius 3 is 2.68 bits per heavy atom. The normalized spacial score (nSPS) is 12.2. The number of benzene rings is 1. The Hall–Kier alpha value is -2.07. The van der Waals surface area contributed by atoms with Crippen LogP contribution in [0.2, 0.25) is 0 Å². The molecule has 0 spiro atoms. The number of para-hydroxylation sites is 1. The van der Waals surface area contributed by atoms with E-state index in [2.05, 4.69) is 10.6 Å². The van der Waals surface area contributed by atoms with Crippen molar-refractivity contribution in [1.82, 2.24) is 5.32 Å². The molecule has 4 heteroatoms. The maximum absolute atomic E-state index is 12.1. The van der Waals surface area contributed by atoms with Gasteiger partial charge < -0.3 is 15.1 Å². The molecule has 0 saturated heterocycles. The van der Waals surface area contributed by atoms with Crippen LogP contribution in [0.1, 0.15) is 34.6 Å². The minimum Gasteiger partial charge on any atom is -0.469 e. The highest BCUT2D eigenvalue weighted by Gasteiger charge is 2.13. The van der Waals surface area contributed by atoms with Gasteiger partial charge in [0.05, 0.1) is 5.56 Å². The standard InChI is InChI=1S/C15H18N2O2/c1-10-8-12(9-19-10)15(18)17-14-7-5-4-6-13(14)11(2)16-3/h4-9,11,16H,1-3H3,(H,17,18). The summed E-state index contributed by atoms with van der Waals surface area (Å²) in [5.41, 5.74) is 2.40. The molecule has 0 bridgehead atoms. The Labute approximate surface area is 112 Å². The van der Waals surface area contributed by atoms with Crippen molar-refractivity contribution in [3.05, 3.63) is 53.5 Å². The van der Waals surface area contributed by atoms with Crippen molar-refractivity contribution in [2.75, 3.05) is 12.4 Å². The Balaban J connectivity index is 2.21. The Bertz CT molecular complexity index is 575. The van der Waals surface area contributed by atoms with Crippen LogP contribution in [-0.2, 0) is 0 Å². The summed E-state index contributed by atoms with van der Waals surface area (Å²) in [6.07, 6.45) is 1.47. The smallest absolute Gasteiger partial charge is 0.258 e. The molecule has 1 atom stereocenters. The van der Waals surface area contributed by atoms with Crippen LogP contribution in [-0.4, -0.2) is 13.0 Å². The number of hydrogen-bond donors (Lipinski definition) is 2. The van der Waals surface area contributed by atoms with E-state index in [9.17, 15) is 4.79 Å². The van der Waals surface area contributed by atoms with E-state index < -0.39 is 0 Å². The van der Waals surface area contributed by atoms with Gasteiger partial charge in [0.2, 0.25) is 0 Å². The van der Waals surface area contributed by atoms with Gasteiger partial charge in [0, 0.05) is 11.7 Å². The molecule has 0 aliphatic rings.